The van der Waals surface area contributed by atoms with Crippen molar-refractivity contribution in [1.82, 2.24) is 0 Å². The van der Waals surface area contributed by atoms with Crippen LogP contribution < -0.4 is 10.6 Å². The van der Waals surface area contributed by atoms with E-state index in [9.17, 15) is 9.59 Å². The molecule has 2 amide bonds. The van der Waals surface area contributed by atoms with Gasteiger partial charge in [-0.1, -0.05) is 25.1 Å². The third kappa shape index (κ3) is 4.66. The van der Waals surface area contributed by atoms with Crippen LogP contribution in [0.5, 0.6) is 0 Å². The number of carbonyl (C=O) groups excluding carboxylic acids is 2. The van der Waals surface area contributed by atoms with Crippen LogP contribution in [0.25, 0.3) is 0 Å². The number of aryl methyl sites for hydroxylation is 1. The van der Waals surface area contributed by atoms with Crippen LogP contribution in [-0.4, -0.2) is 25.5 Å². The fourth-order valence-electron chi connectivity index (χ4n) is 2.21. The average Bonchev–Trinajstić information content (AvgIpc) is 2.56. The number of hydrogen-bond donors (Lipinski definition) is 2. The molecule has 5 nitrogen and oxygen atoms in total. The highest BCUT2D eigenvalue weighted by Crippen LogP contribution is 2.16. The Labute approximate surface area is 135 Å². The second kappa shape index (κ2) is 8.10. The molecular formula is C18H20N2O3. The minimum Gasteiger partial charge on any atom is -0.375 e. The molecule has 5 heteroatoms. The van der Waals surface area contributed by atoms with Crippen LogP contribution in [0, 0.1) is 0 Å². The maximum Gasteiger partial charge on any atom is 0.255 e. The van der Waals surface area contributed by atoms with E-state index >= 15 is 0 Å². The van der Waals surface area contributed by atoms with Gasteiger partial charge in [0.1, 0.15) is 6.61 Å². The average molecular weight is 312 g/mol. The first-order chi connectivity index (χ1) is 11.1. The monoisotopic (exact) mass is 312 g/mol. The van der Waals surface area contributed by atoms with Gasteiger partial charge in [0.05, 0.1) is 0 Å². The van der Waals surface area contributed by atoms with Gasteiger partial charge in [-0.2, -0.15) is 0 Å². The van der Waals surface area contributed by atoms with Crippen LogP contribution in [0.15, 0.2) is 48.5 Å². The van der Waals surface area contributed by atoms with Crippen molar-refractivity contribution >= 4 is 23.2 Å². The summed E-state index contributed by atoms with van der Waals surface area (Å²) in [7, 11) is 1.46. The van der Waals surface area contributed by atoms with Crippen LogP contribution in [0.3, 0.4) is 0 Å². The zero-order valence-electron chi connectivity index (χ0n) is 13.3. The van der Waals surface area contributed by atoms with Gasteiger partial charge >= 0.3 is 0 Å². The molecule has 0 aliphatic carbocycles. The molecule has 0 heterocycles. The molecule has 2 aromatic carbocycles. The molecule has 120 valence electrons. The molecule has 0 fully saturated rings. The topological polar surface area (TPSA) is 67.4 Å². The van der Waals surface area contributed by atoms with E-state index in [0.717, 1.165) is 12.0 Å². The van der Waals surface area contributed by atoms with Gasteiger partial charge in [0.25, 0.3) is 5.91 Å². The van der Waals surface area contributed by atoms with E-state index in [1.165, 1.54) is 7.11 Å². The van der Waals surface area contributed by atoms with E-state index < -0.39 is 0 Å². The van der Waals surface area contributed by atoms with Gasteiger partial charge in [0.2, 0.25) is 5.91 Å². The van der Waals surface area contributed by atoms with Crippen LogP contribution in [-0.2, 0) is 16.0 Å². The highest BCUT2D eigenvalue weighted by molar-refractivity contribution is 6.05. The van der Waals surface area contributed by atoms with E-state index in [2.05, 4.69) is 10.6 Å². The summed E-state index contributed by atoms with van der Waals surface area (Å²) >= 11 is 0. The SMILES string of the molecule is CCc1ccccc1C(=O)Nc1ccc(NC(=O)COC)cc1. The van der Waals surface area contributed by atoms with Crippen LogP contribution in [0.2, 0.25) is 0 Å². The Bertz CT molecular complexity index is 681. The Morgan fingerprint density at radius 2 is 1.57 bits per heavy atom. The lowest BCUT2D eigenvalue weighted by molar-refractivity contribution is -0.119. The summed E-state index contributed by atoms with van der Waals surface area (Å²) in [6, 6.07) is 14.5. The standard InChI is InChI=1S/C18H20N2O3/c1-3-13-6-4-5-7-16(13)18(22)20-15-10-8-14(9-11-15)19-17(21)12-23-2/h4-11H,3,12H2,1-2H3,(H,19,21)(H,20,22). The van der Waals surface area contributed by atoms with Crippen molar-refractivity contribution in [3.05, 3.63) is 59.7 Å². The molecular weight excluding hydrogens is 292 g/mol. The molecule has 0 atom stereocenters. The van der Waals surface area contributed by atoms with E-state index in [0.29, 0.717) is 16.9 Å². The molecule has 2 aromatic rings. The van der Waals surface area contributed by atoms with Crippen LogP contribution >= 0.6 is 0 Å². The summed E-state index contributed by atoms with van der Waals surface area (Å²) in [5, 5.41) is 5.56. The van der Waals surface area contributed by atoms with E-state index in [-0.39, 0.29) is 18.4 Å². The maximum absolute atomic E-state index is 12.3. The molecule has 0 saturated carbocycles. The largest absolute Gasteiger partial charge is 0.375 e. The summed E-state index contributed by atoms with van der Waals surface area (Å²) in [5.41, 5.74) is 3.01. The van der Waals surface area contributed by atoms with Crippen molar-refractivity contribution in [2.45, 2.75) is 13.3 Å². The summed E-state index contributed by atoms with van der Waals surface area (Å²) in [6.45, 7) is 2.02. The van der Waals surface area contributed by atoms with Crippen molar-refractivity contribution in [2.24, 2.45) is 0 Å². The van der Waals surface area contributed by atoms with Gasteiger partial charge < -0.3 is 15.4 Å². The van der Waals surface area contributed by atoms with Crippen molar-refractivity contribution in [3.8, 4) is 0 Å². The number of carbonyl (C=O) groups is 2. The predicted octanol–water partition coefficient (Wildman–Crippen LogP) is 3.09. The van der Waals surface area contributed by atoms with Crippen LogP contribution in [0.1, 0.15) is 22.8 Å². The molecule has 0 saturated heterocycles. The summed E-state index contributed by atoms with van der Waals surface area (Å²) in [5.74, 6) is -0.361. The fourth-order valence-corrected chi connectivity index (χ4v) is 2.21. The number of amides is 2. The van der Waals surface area contributed by atoms with Gasteiger partial charge in [-0.15, -0.1) is 0 Å². The van der Waals surface area contributed by atoms with Gasteiger partial charge in [0.15, 0.2) is 0 Å². The van der Waals surface area contributed by atoms with Crippen molar-refractivity contribution in [1.29, 1.82) is 0 Å². The molecule has 0 aliphatic rings. The highest BCUT2D eigenvalue weighted by atomic mass is 16.5. The Morgan fingerprint density at radius 3 is 2.17 bits per heavy atom. The van der Waals surface area contributed by atoms with Crippen molar-refractivity contribution in [2.75, 3.05) is 24.4 Å². The quantitative estimate of drug-likeness (QED) is 0.861. The molecule has 2 N–H and O–H groups in total. The smallest absolute Gasteiger partial charge is 0.255 e. The molecule has 0 aromatic heterocycles. The number of hydrogen-bond acceptors (Lipinski definition) is 3. The number of ether oxygens (including phenoxy) is 1. The lowest BCUT2D eigenvalue weighted by Gasteiger charge is -2.10. The minimum absolute atomic E-state index is 0.00624. The normalized spacial score (nSPS) is 10.2. The van der Waals surface area contributed by atoms with E-state index in [1.54, 1.807) is 24.3 Å². The summed E-state index contributed by atoms with van der Waals surface area (Å²) in [6.07, 6.45) is 0.800. The Kier molecular flexibility index (Phi) is 5.88. The molecule has 23 heavy (non-hydrogen) atoms. The lowest BCUT2D eigenvalue weighted by atomic mass is 10.0. The van der Waals surface area contributed by atoms with Gasteiger partial charge in [-0.05, 0) is 42.3 Å². The summed E-state index contributed by atoms with van der Waals surface area (Å²) < 4.78 is 4.75. The lowest BCUT2D eigenvalue weighted by Crippen LogP contribution is -2.17. The van der Waals surface area contributed by atoms with Crippen molar-refractivity contribution in [3.63, 3.8) is 0 Å². The number of methoxy groups -OCH3 is 1. The number of nitrogens with one attached hydrogen (secondary N) is 2. The molecule has 2 rings (SSSR count). The zero-order valence-corrected chi connectivity index (χ0v) is 13.3. The van der Waals surface area contributed by atoms with Crippen molar-refractivity contribution < 1.29 is 14.3 Å². The predicted molar refractivity (Wildman–Crippen MR) is 90.7 cm³/mol. The zero-order chi connectivity index (χ0) is 16.7. The number of rotatable bonds is 6. The van der Waals surface area contributed by atoms with Crippen LogP contribution in [0.4, 0.5) is 11.4 Å². The first kappa shape index (κ1) is 16.7. The molecule has 0 bridgehead atoms. The van der Waals surface area contributed by atoms with E-state index in [4.69, 9.17) is 4.74 Å². The molecule has 0 unspecified atom stereocenters. The molecule has 0 spiro atoms. The molecule has 0 aliphatic heterocycles. The first-order valence-corrected chi connectivity index (χ1v) is 7.42. The highest BCUT2D eigenvalue weighted by Gasteiger charge is 2.10. The van der Waals surface area contributed by atoms with Gasteiger partial charge in [-0.3, -0.25) is 9.59 Å². The molecule has 0 radical (unpaired) electrons. The van der Waals surface area contributed by atoms with Gasteiger partial charge in [-0.25, -0.2) is 0 Å². The number of anilines is 2. The van der Waals surface area contributed by atoms with E-state index in [1.807, 2.05) is 31.2 Å². The first-order valence-electron chi connectivity index (χ1n) is 7.42. The second-order valence-corrected chi connectivity index (χ2v) is 5.02. The van der Waals surface area contributed by atoms with Gasteiger partial charge in [0, 0.05) is 24.0 Å². The Hall–Kier alpha value is -2.66. The third-order valence-corrected chi connectivity index (χ3v) is 3.34. The Balaban J connectivity index is 2.03. The third-order valence-electron chi connectivity index (χ3n) is 3.34. The Morgan fingerprint density at radius 1 is 0.957 bits per heavy atom. The second-order valence-electron chi connectivity index (χ2n) is 5.02. The fraction of sp³-hybridized carbons (Fsp3) is 0.222. The maximum atomic E-state index is 12.3. The number of benzene rings is 2. The summed E-state index contributed by atoms with van der Waals surface area (Å²) in [4.78, 5) is 23.8. The minimum atomic E-state index is -0.221.